The lowest BCUT2D eigenvalue weighted by atomic mass is 10.1. The third-order valence-corrected chi connectivity index (χ3v) is 2.70. The van der Waals surface area contributed by atoms with Crippen LogP contribution in [0.4, 0.5) is 10.1 Å². The molecule has 0 amide bonds. The smallest absolute Gasteiger partial charge is 0.273 e. The fraction of sp³-hybridized carbons (Fsp3) is 0.0714. The fourth-order valence-electron chi connectivity index (χ4n) is 1.74. The first-order valence-corrected chi connectivity index (χ1v) is 5.97. The van der Waals surface area contributed by atoms with Gasteiger partial charge >= 0.3 is 0 Å². The highest BCUT2D eigenvalue weighted by Crippen LogP contribution is 2.20. The second-order valence-electron chi connectivity index (χ2n) is 4.30. The average molecular weight is 289 g/mol. The van der Waals surface area contributed by atoms with Crippen molar-refractivity contribution >= 4 is 11.5 Å². The summed E-state index contributed by atoms with van der Waals surface area (Å²) in [6.07, 6.45) is 0. The lowest BCUT2D eigenvalue weighted by Crippen LogP contribution is -2.12. The predicted octanol–water partition coefficient (Wildman–Crippen LogP) is 2.60. The number of nitro groups is 1. The number of nitrogens with one attached hydrogen (secondary N) is 1. The number of non-ortho nitro benzene ring substituents is 1. The summed E-state index contributed by atoms with van der Waals surface area (Å²) in [6.45, 7) is 0.0131. The molecule has 0 unspecified atom stereocenters. The highest BCUT2D eigenvalue weighted by molar-refractivity contribution is 5.95. The molecule has 0 aliphatic heterocycles. The second-order valence-corrected chi connectivity index (χ2v) is 4.30. The van der Waals surface area contributed by atoms with Crippen molar-refractivity contribution in [2.75, 3.05) is 0 Å². The molecule has 2 aromatic rings. The summed E-state index contributed by atoms with van der Waals surface area (Å²) < 4.78 is 18.8. The molecule has 2 aromatic carbocycles. The molecular weight excluding hydrogens is 277 g/mol. The standard InChI is InChI=1S/C14H12FN3O3/c15-11-5-9(4-10(6-11)14(16)17)8-21-13-3-1-2-12(7-13)18(19)20/h1-7H,8H2,(H3,16,17). The van der Waals surface area contributed by atoms with Gasteiger partial charge < -0.3 is 10.5 Å². The van der Waals surface area contributed by atoms with Crippen LogP contribution in [0.25, 0.3) is 0 Å². The van der Waals surface area contributed by atoms with Crippen molar-refractivity contribution in [2.45, 2.75) is 6.61 Å². The number of nitrogens with zero attached hydrogens (tertiary/aromatic N) is 1. The molecule has 0 atom stereocenters. The Hall–Kier alpha value is -2.96. The number of hydrogen-bond acceptors (Lipinski definition) is 4. The highest BCUT2D eigenvalue weighted by Gasteiger charge is 2.08. The Morgan fingerprint density at radius 1 is 1.33 bits per heavy atom. The van der Waals surface area contributed by atoms with Crippen molar-refractivity contribution in [2.24, 2.45) is 5.73 Å². The van der Waals surface area contributed by atoms with Gasteiger partial charge in [0, 0.05) is 11.6 Å². The molecule has 0 aliphatic rings. The minimum Gasteiger partial charge on any atom is -0.489 e. The molecule has 0 fully saturated rings. The van der Waals surface area contributed by atoms with E-state index in [1.807, 2.05) is 0 Å². The van der Waals surface area contributed by atoms with Gasteiger partial charge in [0.25, 0.3) is 5.69 Å². The van der Waals surface area contributed by atoms with E-state index >= 15 is 0 Å². The molecule has 0 aliphatic carbocycles. The number of benzene rings is 2. The topological polar surface area (TPSA) is 102 Å². The zero-order valence-corrected chi connectivity index (χ0v) is 10.9. The third-order valence-electron chi connectivity index (χ3n) is 2.70. The van der Waals surface area contributed by atoms with E-state index in [0.29, 0.717) is 11.3 Å². The van der Waals surface area contributed by atoms with Crippen LogP contribution in [0, 0.1) is 21.3 Å². The van der Waals surface area contributed by atoms with Crippen LogP contribution in [0.2, 0.25) is 0 Å². The van der Waals surface area contributed by atoms with Crippen LogP contribution >= 0.6 is 0 Å². The number of hydrogen-bond donors (Lipinski definition) is 2. The van der Waals surface area contributed by atoms with E-state index in [2.05, 4.69) is 0 Å². The summed E-state index contributed by atoms with van der Waals surface area (Å²) in [5, 5.41) is 18.0. The van der Waals surface area contributed by atoms with Gasteiger partial charge in [-0.15, -0.1) is 0 Å². The molecule has 0 saturated carbocycles. The Bertz CT molecular complexity index is 704. The summed E-state index contributed by atoms with van der Waals surface area (Å²) >= 11 is 0. The Morgan fingerprint density at radius 3 is 2.76 bits per heavy atom. The molecule has 0 saturated heterocycles. The van der Waals surface area contributed by atoms with Crippen molar-refractivity contribution in [1.82, 2.24) is 0 Å². The first-order chi connectivity index (χ1) is 9.95. The van der Waals surface area contributed by atoms with Gasteiger partial charge in [0.1, 0.15) is 24.0 Å². The highest BCUT2D eigenvalue weighted by atomic mass is 19.1. The van der Waals surface area contributed by atoms with Crippen LogP contribution < -0.4 is 10.5 Å². The largest absolute Gasteiger partial charge is 0.489 e. The van der Waals surface area contributed by atoms with Crippen LogP contribution in [-0.4, -0.2) is 10.8 Å². The molecule has 21 heavy (non-hydrogen) atoms. The fourth-order valence-corrected chi connectivity index (χ4v) is 1.74. The Kier molecular flexibility index (Phi) is 4.13. The van der Waals surface area contributed by atoms with Gasteiger partial charge in [0.05, 0.1) is 11.0 Å². The van der Waals surface area contributed by atoms with Crippen molar-refractivity contribution < 1.29 is 14.1 Å². The van der Waals surface area contributed by atoms with E-state index in [4.69, 9.17) is 15.9 Å². The molecule has 0 aromatic heterocycles. The maximum Gasteiger partial charge on any atom is 0.273 e. The summed E-state index contributed by atoms with van der Waals surface area (Å²) in [5.74, 6) is -0.468. The van der Waals surface area contributed by atoms with Gasteiger partial charge in [-0.3, -0.25) is 15.5 Å². The molecule has 0 radical (unpaired) electrons. The SMILES string of the molecule is N=C(N)c1cc(F)cc(COc2cccc([N+](=O)[O-])c2)c1. The van der Waals surface area contributed by atoms with Gasteiger partial charge in [-0.05, 0) is 29.8 Å². The zero-order chi connectivity index (χ0) is 15.4. The Balaban J connectivity index is 2.14. The number of nitro benzene ring substituents is 1. The molecule has 2 rings (SSSR count). The van der Waals surface area contributed by atoms with Crippen LogP contribution in [0.3, 0.4) is 0 Å². The lowest BCUT2D eigenvalue weighted by Gasteiger charge is -2.08. The monoisotopic (exact) mass is 289 g/mol. The zero-order valence-electron chi connectivity index (χ0n) is 10.9. The molecule has 108 valence electrons. The Morgan fingerprint density at radius 2 is 2.10 bits per heavy atom. The number of nitrogens with two attached hydrogens (primary N) is 1. The van der Waals surface area contributed by atoms with Crippen molar-refractivity contribution in [3.63, 3.8) is 0 Å². The normalized spacial score (nSPS) is 10.1. The quantitative estimate of drug-likeness (QED) is 0.382. The van der Waals surface area contributed by atoms with Crippen LogP contribution in [0.1, 0.15) is 11.1 Å². The first kappa shape index (κ1) is 14.4. The molecule has 0 spiro atoms. The van der Waals surface area contributed by atoms with E-state index in [0.717, 1.165) is 6.07 Å². The predicted molar refractivity (Wildman–Crippen MR) is 74.8 cm³/mol. The van der Waals surface area contributed by atoms with E-state index in [-0.39, 0.29) is 23.7 Å². The first-order valence-electron chi connectivity index (χ1n) is 5.97. The maximum atomic E-state index is 13.4. The van der Waals surface area contributed by atoms with Crippen molar-refractivity contribution in [3.8, 4) is 5.75 Å². The molecule has 3 N–H and O–H groups in total. The minimum absolute atomic E-state index is 0.0131. The minimum atomic E-state index is -0.527. The summed E-state index contributed by atoms with van der Waals surface area (Å²) in [7, 11) is 0. The van der Waals surface area contributed by atoms with Crippen LogP contribution in [-0.2, 0) is 6.61 Å². The van der Waals surface area contributed by atoms with E-state index < -0.39 is 10.7 Å². The number of halogens is 1. The van der Waals surface area contributed by atoms with Gasteiger partial charge in [0.15, 0.2) is 0 Å². The van der Waals surface area contributed by atoms with Gasteiger partial charge in [-0.1, -0.05) is 6.07 Å². The number of amidine groups is 1. The molecular formula is C14H12FN3O3. The van der Waals surface area contributed by atoms with Crippen LogP contribution in [0.15, 0.2) is 42.5 Å². The number of rotatable bonds is 5. The van der Waals surface area contributed by atoms with E-state index in [1.54, 1.807) is 6.07 Å². The second kappa shape index (κ2) is 6.00. The van der Waals surface area contributed by atoms with Crippen molar-refractivity contribution in [1.29, 1.82) is 5.41 Å². The van der Waals surface area contributed by atoms with Crippen LogP contribution in [0.5, 0.6) is 5.75 Å². The molecule has 7 heteroatoms. The van der Waals surface area contributed by atoms with Gasteiger partial charge in [0.2, 0.25) is 0 Å². The average Bonchev–Trinajstić information content (AvgIpc) is 2.45. The summed E-state index contributed by atoms with van der Waals surface area (Å²) in [6, 6.07) is 9.64. The lowest BCUT2D eigenvalue weighted by molar-refractivity contribution is -0.384. The van der Waals surface area contributed by atoms with E-state index in [1.165, 1.54) is 30.3 Å². The summed E-state index contributed by atoms with van der Waals surface area (Å²) in [4.78, 5) is 10.1. The maximum absolute atomic E-state index is 13.4. The Labute approximate surface area is 119 Å². The third kappa shape index (κ3) is 3.75. The molecule has 0 heterocycles. The number of nitrogen functional groups attached to an aromatic ring is 1. The van der Waals surface area contributed by atoms with Gasteiger partial charge in [-0.25, -0.2) is 4.39 Å². The van der Waals surface area contributed by atoms with Crippen molar-refractivity contribution in [3.05, 3.63) is 69.5 Å². The van der Waals surface area contributed by atoms with Gasteiger partial charge in [-0.2, -0.15) is 0 Å². The molecule has 0 bridgehead atoms. The number of ether oxygens (including phenoxy) is 1. The summed E-state index contributed by atoms with van der Waals surface area (Å²) in [5.41, 5.74) is 5.96. The molecule has 6 nitrogen and oxygen atoms in total. The van der Waals surface area contributed by atoms with E-state index in [9.17, 15) is 14.5 Å².